The lowest BCUT2D eigenvalue weighted by molar-refractivity contribution is 0.0437. The van der Waals surface area contributed by atoms with E-state index >= 15 is 0 Å². The van der Waals surface area contributed by atoms with E-state index < -0.39 is 5.60 Å². The van der Waals surface area contributed by atoms with E-state index in [4.69, 9.17) is 9.15 Å². The maximum absolute atomic E-state index is 10.4. The number of aliphatic hydroxyl groups is 1. The Balaban J connectivity index is 0.00000484. The van der Waals surface area contributed by atoms with Crippen molar-refractivity contribution < 1.29 is 14.3 Å². The molecule has 0 saturated heterocycles. The summed E-state index contributed by atoms with van der Waals surface area (Å²) < 4.78 is 10.7. The standard InChI is InChI=1S/C16H29N3O3.HI/c1-4-6-10-21-12-9-18-15(17-5-2)19-13-16(3,20)14-8-7-11-22-14;/h7-8,11,20H,4-6,9-10,12-13H2,1-3H3,(H2,17,18,19);1H. The van der Waals surface area contributed by atoms with E-state index in [1.807, 2.05) is 6.92 Å². The van der Waals surface area contributed by atoms with Crippen LogP contribution in [0.25, 0.3) is 0 Å². The van der Waals surface area contributed by atoms with Crippen molar-refractivity contribution in [2.24, 2.45) is 4.99 Å². The van der Waals surface area contributed by atoms with Crippen molar-refractivity contribution in [1.82, 2.24) is 10.6 Å². The smallest absolute Gasteiger partial charge is 0.191 e. The molecule has 0 aliphatic heterocycles. The van der Waals surface area contributed by atoms with Crippen LogP contribution >= 0.6 is 24.0 Å². The number of unbranched alkanes of at least 4 members (excludes halogenated alkanes) is 1. The minimum absolute atomic E-state index is 0. The Morgan fingerprint density at radius 2 is 2.13 bits per heavy atom. The molecule has 0 bridgehead atoms. The summed E-state index contributed by atoms with van der Waals surface area (Å²) in [5.74, 6) is 1.17. The fraction of sp³-hybridized carbons (Fsp3) is 0.688. The van der Waals surface area contributed by atoms with Gasteiger partial charge in [0.1, 0.15) is 11.4 Å². The Labute approximate surface area is 156 Å². The second-order valence-corrected chi connectivity index (χ2v) is 5.34. The van der Waals surface area contributed by atoms with Crippen LogP contribution in [0.15, 0.2) is 27.8 Å². The van der Waals surface area contributed by atoms with Crippen LogP contribution in [0.3, 0.4) is 0 Å². The molecule has 1 atom stereocenters. The highest BCUT2D eigenvalue weighted by Crippen LogP contribution is 2.20. The highest BCUT2D eigenvalue weighted by atomic mass is 127. The van der Waals surface area contributed by atoms with E-state index in [9.17, 15) is 5.11 Å². The van der Waals surface area contributed by atoms with Gasteiger partial charge in [-0.1, -0.05) is 13.3 Å². The summed E-state index contributed by atoms with van der Waals surface area (Å²) in [6, 6.07) is 3.50. The van der Waals surface area contributed by atoms with Crippen molar-refractivity contribution in [3.8, 4) is 0 Å². The average Bonchev–Trinajstić information content (AvgIpc) is 3.03. The molecule has 1 rings (SSSR count). The number of halogens is 1. The summed E-state index contributed by atoms with van der Waals surface area (Å²) >= 11 is 0. The van der Waals surface area contributed by atoms with Crippen molar-refractivity contribution in [2.75, 3.05) is 32.8 Å². The predicted octanol–water partition coefficient (Wildman–Crippen LogP) is 2.48. The van der Waals surface area contributed by atoms with Crippen molar-refractivity contribution in [1.29, 1.82) is 0 Å². The molecule has 1 unspecified atom stereocenters. The molecule has 7 heteroatoms. The Kier molecular flexibility index (Phi) is 12.2. The van der Waals surface area contributed by atoms with Gasteiger partial charge in [-0.15, -0.1) is 24.0 Å². The number of rotatable bonds is 10. The third-order valence-corrected chi connectivity index (χ3v) is 3.12. The molecule has 0 amide bonds. The van der Waals surface area contributed by atoms with Crippen LogP contribution < -0.4 is 10.6 Å². The van der Waals surface area contributed by atoms with Gasteiger partial charge in [0.15, 0.2) is 5.96 Å². The van der Waals surface area contributed by atoms with Gasteiger partial charge in [-0.3, -0.25) is 0 Å². The summed E-state index contributed by atoms with van der Waals surface area (Å²) in [5, 5.41) is 16.7. The molecule has 1 aromatic rings. The maximum Gasteiger partial charge on any atom is 0.191 e. The van der Waals surface area contributed by atoms with Gasteiger partial charge >= 0.3 is 0 Å². The number of hydrogen-bond acceptors (Lipinski definition) is 4. The summed E-state index contributed by atoms with van der Waals surface area (Å²) in [6.07, 6.45) is 3.77. The van der Waals surface area contributed by atoms with E-state index in [1.54, 1.807) is 25.3 Å². The lowest BCUT2D eigenvalue weighted by Gasteiger charge is -2.19. The topological polar surface area (TPSA) is 79.0 Å². The van der Waals surface area contributed by atoms with Crippen LogP contribution in [0.2, 0.25) is 0 Å². The number of nitrogens with one attached hydrogen (secondary N) is 2. The number of aliphatic imine (C=N–C) groups is 1. The van der Waals surface area contributed by atoms with Crippen LogP contribution in [-0.4, -0.2) is 43.9 Å². The van der Waals surface area contributed by atoms with Gasteiger partial charge in [-0.25, -0.2) is 4.99 Å². The Hall–Kier alpha value is -0.800. The summed E-state index contributed by atoms with van der Waals surface area (Å²) in [4.78, 5) is 4.40. The van der Waals surface area contributed by atoms with Crippen molar-refractivity contribution in [2.45, 2.75) is 39.2 Å². The number of furan rings is 1. The Morgan fingerprint density at radius 3 is 2.74 bits per heavy atom. The third kappa shape index (κ3) is 9.17. The second-order valence-electron chi connectivity index (χ2n) is 5.34. The highest BCUT2D eigenvalue weighted by molar-refractivity contribution is 14.0. The van der Waals surface area contributed by atoms with E-state index in [2.05, 4.69) is 22.5 Å². The highest BCUT2D eigenvalue weighted by Gasteiger charge is 2.25. The lowest BCUT2D eigenvalue weighted by atomic mass is 10.0. The van der Waals surface area contributed by atoms with E-state index in [1.165, 1.54) is 0 Å². The summed E-state index contributed by atoms with van der Waals surface area (Å²) in [7, 11) is 0. The third-order valence-electron chi connectivity index (χ3n) is 3.12. The first-order valence-corrected chi connectivity index (χ1v) is 7.96. The zero-order valence-corrected chi connectivity index (χ0v) is 16.6. The summed E-state index contributed by atoms with van der Waals surface area (Å²) in [5.41, 5.74) is -1.12. The molecule has 0 aromatic carbocycles. The fourth-order valence-electron chi connectivity index (χ4n) is 1.83. The molecule has 0 spiro atoms. The summed E-state index contributed by atoms with van der Waals surface area (Å²) in [6.45, 7) is 8.91. The first kappa shape index (κ1) is 22.2. The normalized spacial score (nSPS) is 14.0. The molecule has 0 saturated carbocycles. The maximum atomic E-state index is 10.4. The zero-order valence-electron chi connectivity index (χ0n) is 14.3. The van der Waals surface area contributed by atoms with Crippen LogP contribution in [0.1, 0.15) is 39.4 Å². The lowest BCUT2D eigenvalue weighted by Crippen LogP contribution is -2.40. The second kappa shape index (κ2) is 12.6. The number of ether oxygens (including phenoxy) is 1. The average molecular weight is 439 g/mol. The van der Waals surface area contributed by atoms with Crippen LogP contribution in [0.5, 0.6) is 0 Å². The molecule has 0 aliphatic carbocycles. The molecular formula is C16H30IN3O3. The number of hydrogen-bond donors (Lipinski definition) is 3. The quantitative estimate of drug-likeness (QED) is 0.226. The van der Waals surface area contributed by atoms with Gasteiger partial charge in [0.2, 0.25) is 0 Å². The van der Waals surface area contributed by atoms with Crippen LogP contribution in [-0.2, 0) is 10.3 Å². The van der Waals surface area contributed by atoms with Gasteiger partial charge in [0, 0.05) is 19.7 Å². The fourth-order valence-corrected chi connectivity index (χ4v) is 1.83. The molecule has 1 aromatic heterocycles. The van der Waals surface area contributed by atoms with Crippen LogP contribution in [0, 0.1) is 0 Å². The van der Waals surface area contributed by atoms with Gasteiger partial charge < -0.3 is 24.9 Å². The molecule has 23 heavy (non-hydrogen) atoms. The van der Waals surface area contributed by atoms with E-state index in [0.717, 1.165) is 26.0 Å². The van der Waals surface area contributed by atoms with E-state index in [0.29, 0.717) is 24.9 Å². The van der Waals surface area contributed by atoms with Gasteiger partial charge in [0.05, 0.1) is 19.4 Å². The molecule has 134 valence electrons. The molecule has 6 nitrogen and oxygen atoms in total. The Morgan fingerprint density at radius 1 is 1.35 bits per heavy atom. The minimum atomic E-state index is -1.12. The SMILES string of the molecule is CCCCOCCNC(=NCC(C)(O)c1ccco1)NCC.I. The molecule has 1 heterocycles. The zero-order chi connectivity index (χ0) is 16.3. The van der Waals surface area contributed by atoms with Gasteiger partial charge in [0.25, 0.3) is 0 Å². The molecule has 0 radical (unpaired) electrons. The van der Waals surface area contributed by atoms with Crippen molar-refractivity contribution >= 4 is 29.9 Å². The minimum Gasteiger partial charge on any atom is -0.466 e. The van der Waals surface area contributed by atoms with E-state index in [-0.39, 0.29) is 30.5 Å². The van der Waals surface area contributed by atoms with Crippen LogP contribution in [0.4, 0.5) is 0 Å². The molecular weight excluding hydrogens is 409 g/mol. The monoisotopic (exact) mass is 439 g/mol. The van der Waals surface area contributed by atoms with Crippen molar-refractivity contribution in [3.05, 3.63) is 24.2 Å². The van der Waals surface area contributed by atoms with Gasteiger partial charge in [-0.05, 0) is 32.4 Å². The predicted molar refractivity (Wildman–Crippen MR) is 103 cm³/mol. The first-order chi connectivity index (χ1) is 10.6. The van der Waals surface area contributed by atoms with Crippen molar-refractivity contribution in [3.63, 3.8) is 0 Å². The number of guanidine groups is 1. The Bertz CT molecular complexity index is 422. The molecule has 0 fully saturated rings. The number of nitrogens with zero attached hydrogens (tertiary/aromatic N) is 1. The molecule has 0 aliphatic rings. The molecule has 3 N–H and O–H groups in total. The first-order valence-electron chi connectivity index (χ1n) is 7.96. The largest absolute Gasteiger partial charge is 0.466 e. The van der Waals surface area contributed by atoms with Gasteiger partial charge in [-0.2, -0.15) is 0 Å².